The maximum absolute atomic E-state index is 5.51. The molecule has 3 heteroatoms. The molecule has 0 spiro atoms. The predicted octanol–water partition coefficient (Wildman–Crippen LogP) is 2.88. The van der Waals surface area contributed by atoms with Crippen molar-refractivity contribution in [1.82, 2.24) is 0 Å². The van der Waals surface area contributed by atoms with Gasteiger partial charge in [-0.3, -0.25) is 0 Å². The summed E-state index contributed by atoms with van der Waals surface area (Å²) in [4.78, 5) is 0. The average molecular weight is 303 g/mol. The molecule has 1 fully saturated rings. The highest BCUT2D eigenvalue weighted by Crippen LogP contribution is 2.22. The summed E-state index contributed by atoms with van der Waals surface area (Å²) in [6.45, 7) is 3.00. The third-order valence-corrected chi connectivity index (χ3v) is 3.53. The number of hydrogen-bond donors (Lipinski definition) is 1. The number of hydrogen-bond acceptors (Lipinski definition) is 2. The second kappa shape index (κ2) is 4.49. The Morgan fingerprint density at radius 3 is 2.86 bits per heavy atom. The molecule has 1 aromatic carbocycles. The van der Waals surface area contributed by atoms with Gasteiger partial charge in [-0.15, -0.1) is 0 Å². The summed E-state index contributed by atoms with van der Waals surface area (Å²) in [6.07, 6.45) is 1.43. The molecular weight excluding hydrogens is 289 g/mol. The van der Waals surface area contributed by atoms with Crippen molar-refractivity contribution in [2.45, 2.75) is 25.5 Å². The van der Waals surface area contributed by atoms with Crippen molar-refractivity contribution in [1.29, 1.82) is 0 Å². The van der Waals surface area contributed by atoms with Gasteiger partial charge in [0.25, 0.3) is 0 Å². The van der Waals surface area contributed by atoms with Gasteiger partial charge in [0.1, 0.15) is 0 Å². The summed E-state index contributed by atoms with van der Waals surface area (Å²) < 4.78 is 6.78. The number of nitrogens with one attached hydrogen (secondary N) is 1. The van der Waals surface area contributed by atoms with E-state index >= 15 is 0 Å². The number of ether oxygens (including phenoxy) is 1. The van der Waals surface area contributed by atoms with Crippen LogP contribution in [0, 0.1) is 3.57 Å². The Kier molecular flexibility index (Phi) is 3.28. The van der Waals surface area contributed by atoms with Crippen LogP contribution in [-0.4, -0.2) is 18.8 Å². The Morgan fingerprint density at radius 1 is 1.43 bits per heavy atom. The minimum absolute atomic E-state index is 0.325. The van der Waals surface area contributed by atoms with Crippen molar-refractivity contribution in [3.05, 3.63) is 27.8 Å². The third kappa shape index (κ3) is 2.20. The molecule has 0 radical (unpaired) electrons. The van der Waals surface area contributed by atoms with Crippen LogP contribution in [0.3, 0.4) is 0 Å². The van der Waals surface area contributed by atoms with Crippen molar-refractivity contribution in [2.24, 2.45) is 0 Å². The van der Waals surface area contributed by atoms with Gasteiger partial charge in [-0.05, 0) is 48.1 Å². The maximum atomic E-state index is 5.51. The topological polar surface area (TPSA) is 21.3 Å². The Bertz CT molecular complexity index is 316. The van der Waals surface area contributed by atoms with Gasteiger partial charge in [0.2, 0.25) is 0 Å². The van der Waals surface area contributed by atoms with Crippen LogP contribution in [0.15, 0.2) is 24.3 Å². The molecule has 0 amide bonds. The van der Waals surface area contributed by atoms with Crippen LogP contribution in [0.2, 0.25) is 0 Å². The van der Waals surface area contributed by atoms with Gasteiger partial charge in [0, 0.05) is 15.9 Å². The lowest BCUT2D eigenvalue weighted by Crippen LogP contribution is -2.26. The molecule has 14 heavy (non-hydrogen) atoms. The van der Waals surface area contributed by atoms with E-state index in [1.54, 1.807) is 0 Å². The Morgan fingerprint density at radius 2 is 2.21 bits per heavy atom. The quantitative estimate of drug-likeness (QED) is 0.848. The molecule has 2 rings (SSSR count). The summed E-state index contributed by atoms with van der Waals surface area (Å²) >= 11 is 2.35. The highest BCUT2D eigenvalue weighted by molar-refractivity contribution is 14.1. The van der Waals surface area contributed by atoms with Gasteiger partial charge in [-0.25, -0.2) is 0 Å². The first-order chi connectivity index (χ1) is 6.77. The predicted molar refractivity (Wildman–Crippen MR) is 66.6 cm³/mol. The molecule has 1 N–H and O–H groups in total. The Hall–Kier alpha value is -0.290. The van der Waals surface area contributed by atoms with E-state index in [1.165, 1.54) is 9.26 Å². The molecule has 1 saturated heterocycles. The van der Waals surface area contributed by atoms with Crippen molar-refractivity contribution >= 4 is 28.3 Å². The molecule has 1 heterocycles. The summed E-state index contributed by atoms with van der Waals surface area (Å²) in [5.74, 6) is 0. The van der Waals surface area contributed by atoms with Crippen LogP contribution in [0.1, 0.15) is 13.3 Å². The summed E-state index contributed by atoms with van der Waals surface area (Å²) in [6, 6.07) is 8.81. The van der Waals surface area contributed by atoms with E-state index in [0.717, 1.165) is 13.0 Å². The SMILES string of the molecule is C[C@H]1OCC[C@H]1Nc1ccccc1I. The van der Waals surface area contributed by atoms with Gasteiger partial charge < -0.3 is 10.1 Å². The number of anilines is 1. The maximum Gasteiger partial charge on any atom is 0.0748 e. The molecular formula is C11H14INO. The molecule has 0 saturated carbocycles. The van der Waals surface area contributed by atoms with Crippen molar-refractivity contribution in [3.8, 4) is 0 Å². The van der Waals surface area contributed by atoms with Crippen LogP contribution in [0.5, 0.6) is 0 Å². The molecule has 2 nitrogen and oxygen atoms in total. The molecule has 76 valence electrons. The Balaban J connectivity index is 2.07. The number of halogens is 1. The molecule has 2 atom stereocenters. The molecule has 0 unspecified atom stereocenters. The monoisotopic (exact) mass is 303 g/mol. The van der Waals surface area contributed by atoms with E-state index in [9.17, 15) is 0 Å². The first kappa shape index (κ1) is 10.2. The van der Waals surface area contributed by atoms with E-state index in [-0.39, 0.29) is 0 Å². The standard InChI is InChI=1S/C11H14INO/c1-8-10(6-7-14-8)13-11-5-3-2-4-9(11)12/h2-5,8,10,13H,6-7H2,1H3/t8-,10-/m1/s1. The van der Waals surface area contributed by atoms with E-state index in [2.05, 4.69) is 59.1 Å². The zero-order chi connectivity index (χ0) is 9.97. The van der Waals surface area contributed by atoms with Crippen LogP contribution < -0.4 is 5.32 Å². The summed E-state index contributed by atoms with van der Waals surface area (Å²) in [5.41, 5.74) is 1.22. The van der Waals surface area contributed by atoms with E-state index in [1.807, 2.05) is 0 Å². The lowest BCUT2D eigenvalue weighted by atomic mass is 10.1. The minimum atomic E-state index is 0.325. The van der Waals surface area contributed by atoms with Gasteiger partial charge in [-0.1, -0.05) is 12.1 Å². The van der Waals surface area contributed by atoms with E-state index in [0.29, 0.717) is 12.1 Å². The zero-order valence-electron chi connectivity index (χ0n) is 8.16. The number of para-hydroxylation sites is 1. The smallest absolute Gasteiger partial charge is 0.0748 e. The third-order valence-electron chi connectivity index (χ3n) is 2.59. The molecule has 1 aliphatic heterocycles. The van der Waals surface area contributed by atoms with Crippen molar-refractivity contribution in [2.75, 3.05) is 11.9 Å². The van der Waals surface area contributed by atoms with Gasteiger partial charge in [-0.2, -0.15) is 0 Å². The molecule has 1 aliphatic rings. The van der Waals surface area contributed by atoms with E-state index in [4.69, 9.17) is 4.74 Å². The summed E-state index contributed by atoms with van der Waals surface area (Å²) in [7, 11) is 0. The lowest BCUT2D eigenvalue weighted by molar-refractivity contribution is 0.121. The average Bonchev–Trinajstić information content (AvgIpc) is 2.56. The van der Waals surface area contributed by atoms with Crippen LogP contribution in [0.25, 0.3) is 0 Å². The fraction of sp³-hybridized carbons (Fsp3) is 0.455. The fourth-order valence-electron chi connectivity index (χ4n) is 1.70. The van der Waals surface area contributed by atoms with Gasteiger partial charge in [0.05, 0.1) is 12.1 Å². The van der Waals surface area contributed by atoms with Crippen molar-refractivity contribution < 1.29 is 4.74 Å². The highest BCUT2D eigenvalue weighted by Gasteiger charge is 2.24. The van der Waals surface area contributed by atoms with Crippen molar-refractivity contribution in [3.63, 3.8) is 0 Å². The first-order valence-corrected chi connectivity index (χ1v) is 5.98. The normalized spacial score (nSPS) is 26.4. The second-order valence-electron chi connectivity index (χ2n) is 3.60. The van der Waals surface area contributed by atoms with Gasteiger partial charge in [0.15, 0.2) is 0 Å². The van der Waals surface area contributed by atoms with Crippen LogP contribution >= 0.6 is 22.6 Å². The second-order valence-corrected chi connectivity index (χ2v) is 4.76. The molecule has 1 aromatic rings. The summed E-state index contributed by atoms with van der Waals surface area (Å²) in [5, 5.41) is 3.53. The zero-order valence-corrected chi connectivity index (χ0v) is 10.3. The molecule has 0 aliphatic carbocycles. The van der Waals surface area contributed by atoms with E-state index < -0.39 is 0 Å². The highest BCUT2D eigenvalue weighted by atomic mass is 127. The van der Waals surface area contributed by atoms with Crippen LogP contribution in [0.4, 0.5) is 5.69 Å². The lowest BCUT2D eigenvalue weighted by Gasteiger charge is -2.18. The largest absolute Gasteiger partial charge is 0.379 e. The van der Waals surface area contributed by atoms with Gasteiger partial charge >= 0.3 is 0 Å². The number of rotatable bonds is 2. The fourth-order valence-corrected chi connectivity index (χ4v) is 2.24. The Labute approximate surface area is 98.2 Å². The molecule has 0 aromatic heterocycles. The number of benzene rings is 1. The van der Waals surface area contributed by atoms with Crippen LogP contribution in [-0.2, 0) is 4.74 Å². The molecule has 0 bridgehead atoms. The minimum Gasteiger partial charge on any atom is -0.379 e. The first-order valence-electron chi connectivity index (χ1n) is 4.90.